The number of ether oxygens (including phenoxy) is 2. The third-order valence-corrected chi connectivity index (χ3v) is 3.64. The molecule has 0 fully saturated rings. The molecular formula is C18H21N3O6. The van der Waals surface area contributed by atoms with Crippen molar-refractivity contribution in [2.45, 2.75) is 12.8 Å². The number of amides is 3. The van der Waals surface area contributed by atoms with E-state index in [1.165, 1.54) is 26.4 Å². The summed E-state index contributed by atoms with van der Waals surface area (Å²) in [5, 5.41) is 21.2. The maximum atomic E-state index is 11.9. The van der Waals surface area contributed by atoms with E-state index in [0.717, 1.165) is 0 Å². The number of carbonyl (C=O) groups is 2. The summed E-state index contributed by atoms with van der Waals surface area (Å²) in [5.41, 5.74) is 5.66. The van der Waals surface area contributed by atoms with E-state index in [2.05, 4.69) is 16.2 Å². The van der Waals surface area contributed by atoms with E-state index >= 15 is 0 Å². The van der Waals surface area contributed by atoms with E-state index in [1.807, 2.05) is 0 Å². The largest absolute Gasteiger partial charge is 0.504 e. The van der Waals surface area contributed by atoms with Gasteiger partial charge in [-0.15, -0.1) is 0 Å². The standard InChI is InChI=1S/C18H21N3O6/c1-26-15-7-5-12(10-16(15)27-2)19-18(25)21-20-17(24)8-4-11-3-6-13(22)14(23)9-11/h3,5-7,9-10,22-23H,4,8H2,1-2H3,(H,20,24)(H2,19,21,25). The number of carbonyl (C=O) groups excluding carboxylic acids is 2. The van der Waals surface area contributed by atoms with Crippen LogP contribution in [-0.2, 0) is 11.2 Å². The van der Waals surface area contributed by atoms with E-state index in [-0.39, 0.29) is 17.9 Å². The van der Waals surface area contributed by atoms with Gasteiger partial charge in [0.2, 0.25) is 5.91 Å². The second kappa shape index (κ2) is 9.18. The van der Waals surface area contributed by atoms with Gasteiger partial charge >= 0.3 is 6.03 Å². The lowest BCUT2D eigenvalue weighted by Crippen LogP contribution is -2.44. The van der Waals surface area contributed by atoms with Crippen LogP contribution < -0.4 is 25.6 Å². The summed E-state index contributed by atoms with van der Waals surface area (Å²) in [6, 6.07) is 8.53. The number of phenols is 2. The highest BCUT2D eigenvalue weighted by atomic mass is 16.5. The lowest BCUT2D eigenvalue weighted by atomic mass is 10.1. The fourth-order valence-electron chi connectivity index (χ4n) is 2.25. The van der Waals surface area contributed by atoms with Crippen LogP contribution in [0, 0.1) is 0 Å². The van der Waals surface area contributed by atoms with Crippen LogP contribution in [0.4, 0.5) is 10.5 Å². The third-order valence-electron chi connectivity index (χ3n) is 3.64. The summed E-state index contributed by atoms with van der Waals surface area (Å²) in [4.78, 5) is 23.7. The Morgan fingerprint density at radius 3 is 2.33 bits per heavy atom. The topological polar surface area (TPSA) is 129 Å². The fraction of sp³-hybridized carbons (Fsp3) is 0.222. The zero-order valence-corrected chi connectivity index (χ0v) is 14.9. The molecule has 3 amide bonds. The van der Waals surface area contributed by atoms with E-state index in [4.69, 9.17) is 9.47 Å². The zero-order valence-electron chi connectivity index (χ0n) is 14.9. The first-order chi connectivity index (χ1) is 12.9. The first-order valence-corrected chi connectivity index (χ1v) is 8.01. The van der Waals surface area contributed by atoms with Crippen molar-refractivity contribution in [3.63, 3.8) is 0 Å². The molecule has 0 spiro atoms. The number of nitrogens with one attached hydrogen (secondary N) is 3. The van der Waals surface area contributed by atoms with Crippen molar-refractivity contribution in [3.8, 4) is 23.0 Å². The van der Waals surface area contributed by atoms with Gasteiger partial charge in [-0.3, -0.25) is 10.2 Å². The Morgan fingerprint density at radius 2 is 1.67 bits per heavy atom. The number of phenolic OH excluding ortho intramolecular Hbond substituents is 2. The Bertz CT molecular complexity index is 825. The van der Waals surface area contributed by atoms with Crippen LogP contribution in [0.2, 0.25) is 0 Å². The summed E-state index contributed by atoms with van der Waals surface area (Å²) in [6.45, 7) is 0. The van der Waals surface area contributed by atoms with Gasteiger partial charge in [-0.1, -0.05) is 6.07 Å². The zero-order chi connectivity index (χ0) is 19.8. The van der Waals surface area contributed by atoms with Gasteiger partial charge in [0.15, 0.2) is 23.0 Å². The molecule has 9 heteroatoms. The third kappa shape index (κ3) is 5.70. The molecule has 9 nitrogen and oxygen atoms in total. The van der Waals surface area contributed by atoms with Gasteiger partial charge in [-0.2, -0.15) is 0 Å². The molecule has 0 aliphatic carbocycles. The maximum absolute atomic E-state index is 11.9. The molecule has 0 unspecified atom stereocenters. The quantitative estimate of drug-likeness (QED) is 0.387. The highest BCUT2D eigenvalue weighted by Gasteiger charge is 2.09. The Labute approximate surface area is 155 Å². The molecule has 5 N–H and O–H groups in total. The number of rotatable bonds is 6. The van der Waals surface area contributed by atoms with Crippen LogP contribution >= 0.6 is 0 Å². The molecule has 2 rings (SSSR count). The van der Waals surface area contributed by atoms with Gasteiger partial charge in [0, 0.05) is 18.2 Å². The van der Waals surface area contributed by atoms with Crippen LogP contribution in [0.1, 0.15) is 12.0 Å². The molecule has 144 valence electrons. The lowest BCUT2D eigenvalue weighted by Gasteiger charge is -2.12. The first kappa shape index (κ1) is 19.7. The smallest absolute Gasteiger partial charge is 0.337 e. The summed E-state index contributed by atoms with van der Waals surface area (Å²) >= 11 is 0. The number of aryl methyl sites for hydroxylation is 1. The SMILES string of the molecule is COc1ccc(NC(=O)NNC(=O)CCc2ccc(O)c(O)c2)cc1OC. The molecule has 0 atom stereocenters. The molecule has 0 heterocycles. The van der Waals surface area contributed by atoms with Gasteiger partial charge in [-0.25, -0.2) is 10.2 Å². The number of benzene rings is 2. The van der Waals surface area contributed by atoms with Gasteiger partial charge in [0.1, 0.15) is 0 Å². The van der Waals surface area contributed by atoms with Crippen LogP contribution in [0.25, 0.3) is 0 Å². The number of aromatic hydroxyl groups is 2. The Kier molecular flexibility index (Phi) is 6.70. The summed E-state index contributed by atoms with van der Waals surface area (Å²) in [7, 11) is 2.99. The van der Waals surface area contributed by atoms with Crippen molar-refractivity contribution in [2.75, 3.05) is 19.5 Å². The monoisotopic (exact) mass is 375 g/mol. The molecule has 0 aromatic heterocycles. The Morgan fingerprint density at radius 1 is 0.926 bits per heavy atom. The lowest BCUT2D eigenvalue weighted by molar-refractivity contribution is -0.121. The van der Waals surface area contributed by atoms with Crippen LogP contribution in [-0.4, -0.2) is 36.4 Å². The molecule has 2 aromatic rings. The highest BCUT2D eigenvalue weighted by Crippen LogP contribution is 2.29. The van der Waals surface area contributed by atoms with Crippen molar-refractivity contribution in [1.82, 2.24) is 10.9 Å². The number of hydrazine groups is 1. The van der Waals surface area contributed by atoms with Crippen molar-refractivity contribution >= 4 is 17.6 Å². The van der Waals surface area contributed by atoms with Crippen molar-refractivity contribution in [1.29, 1.82) is 0 Å². The van der Waals surface area contributed by atoms with Crippen molar-refractivity contribution in [3.05, 3.63) is 42.0 Å². The number of anilines is 1. The minimum Gasteiger partial charge on any atom is -0.504 e. The van der Waals surface area contributed by atoms with Crippen LogP contribution in [0.5, 0.6) is 23.0 Å². The second-order valence-corrected chi connectivity index (χ2v) is 5.52. The second-order valence-electron chi connectivity index (χ2n) is 5.52. The Balaban J connectivity index is 1.79. The molecule has 0 aliphatic heterocycles. The van der Waals surface area contributed by atoms with Crippen LogP contribution in [0.15, 0.2) is 36.4 Å². The summed E-state index contributed by atoms with van der Waals surface area (Å²) in [6.07, 6.45) is 0.416. The van der Waals surface area contributed by atoms with Gasteiger partial charge in [0.25, 0.3) is 0 Å². The van der Waals surface area contributed by atoms with Crippen molar-refractivity contribution in [2.24, 2.45) is 0 Å². The van der Waals surface area contributed by atoms with E-state index in [1.54, 1.807) is 24.3 Å². The Hall–Kier alpha value is -3.62. The summed E-state index contributed by atoms with van der Waals surface area (Å²) < 4.78 is 10.3. The number of methoxy groups -OCH3 is 2. The number of hydrogen-bond donors (Lipinski definition) is 5. The van der Waals surface area contributed by atoms with Gasteiger partial charge in [-0.05, 0) is 36.2 Å². The summed E-state index contributed by atoms with van der Waals surface area (Å²) in [5.74, 6) is 0.0931. The van der Waals surface area contributed by atoms with E-state index in [0.29, 0.717) is 29.2 Å². The molecule has 0 aliphatic rings. The van der Waals surface area contributed by atoms with E-state index < -0.39 is 11.9 Å². The molecule has 0 saturated heterocycles. The highest BCUT2D eigenvalue weighted by molar-refractivity contribution is 5.91. The number of urea groups is 1. The molecular weight excluding hydrogens is 354 g/mol. The molecule has 0 radical (unpaired) electrons. The first-order valence-electron chi connectivity index (χ1n) is 8.01. The van der Waals surface area contributed by atoms with Gasteiger partial charge < -0.3 is 25.0 Å². The average Bonchev–Trinajstić information content (AvgIpc) is 2.67. The maximum Gasteiger partial charge on any atom is 0.337 e. The van der Waals surface area contributed by atoms with E-state index in [9.17, 15) is 19.8 Å². The molecule has 0 bridgehead atoms. The predicted molar refractivity (Wildman–Crippen MR) is 97.9 cm³/mol. The minimum absolute atomic E-state index is 0.0842. The average molecular weight is 375 g/mol. The van der Waals surface area contributed by atoms with Crippen molar-refractivity contribution < 1.29 is 29.3 Å². The van der Waals surface area contributed by atoms with Gasteiger partial charge in [0.05, 0.1) is 14.2 Å². The molecule has 0 saturated carbocycles. The van der Waals surface area contributed by atoms with Crippen LogP contribution in [0.3, 0.4) is 0 Å². The predicted octanol–water partition coefficient (Wildman–Crippen LogP) is 1.90. The number of hydrogen-bond acceptors (Lipinski definition) is 6. The molecule has 27 heavy (non-hydrogen) atoms. The molecule has 2 aromatic carbocycles. The minimum atomic E-state index is -0.627. The fourth-order valence-corrected chi connectivity index (χ4v) is 2.25. The normalized spacial score (nSPS) is 10.0.